The molecule has 74 valence electrons. The van der Waals surface area contributed by atoms with Gasteiger partial charge in [0.2, 0.25) is 0 Å². The van der Waals surface area contributed by atoms with Gasteiger partial charge < -0.3 is 4.74 Å². The molecule has 1 unspecified atom stereocenters. The molecule has 0 N–H and O–H groups in total. The fourth-order valence-corrected chi connectivity index (χ4v) is 1.30. The maximum absolute atomic E-state index is 8.38. The summed E-state index contributed by atoms with van der Waals surface area (Å²) in [6.07, 6.45) is 0.789. The molecule has 0 radical (unpaired) electrons. The van der Waals surface area contributed by atoms with Crippen LogP contribution in [0.15, 0.2) is 29.4 Å². The smallest absolute Gasteiger partial charge is 0.119 e. The van der Waals surface area contributed by atoms with Gasteiger partial charge in [0.25, 0.3) is 0 Å². The van der Waals surface area contributed by atoms with E-state index in [2.05, 4.69) is 10.0 Å². The maximum atomic E-state index is 8.38. The van der Waals surface area contributed by atoms with Gasteiger partial charge in [0.15, 0.2) is 0 Å². The highest BCUT2D eigenvalue weighted by atomic mass is 16.5. The molecule has 0 aliphatic heterocycles. The van der Waals surface area contributed by atoms with Crippen molar-refractivity contribution in [1.29, 1.82) is 0 Å². The van der Waals surface area contributed by atoms with Gasteiger partial charge in [-0.1, -0.05) is 24.2 Å². The summed E-state index contributed by atoms with van der Waals surface area (Å²) in [7, 11) is 1.62. The lowest BCUT2D eigenvalue weighted by atomic mass is 10.1. The molecule has 0 amide bonds. The van der Waals surface area contributed by atoms with Crippen molar-refractivity contribution in [2.24, 2.45) is 5.11 Å². The summed E-state index contributed by atoms with van der Waals surface area (Å²) in [5.41, 5.74) is 9.37. The molecule has 1 atom stereocenters. The number of hydrogen-bond donors (Lipinski definition) is 0. The quantitative estimate of drug-likeness (QED) is 0.408. The van der Waals surface area contributed by atoms with E-state index in [1.807, 2.05) is 31.2 Å². The summed E-state index contributed by atoms with van der Waals surface area (Å²) in [6.45, 7) is 1.98. The first-order valence-corrected chi connectivity index (χ1v) is 4.50. The third kappa shape index (κ3) is 2.41. The van der Waals surface area contributed by atoms with Gasteiger partial charge in [-0.2, -0.15) is 0 Å². The standard InChI is InChI=1S/C10H13N3O/c1-3-10(12-13-11)8-5-4-6-9(7-8)14-2/h4-7,10H,3H2,1-2H3. The van der Waals surface area contributed by atoms with Crippen LogP contribution < -0.4 is 4.74 Å². The number of hydrogen-bond acceptors (Lipinski definition) is 2. The molecule has 1 aromatic carbocycles. The monoisotopic (exact) mass is 191 g/mol. The van der Waals surface area contributed by atoms with Gasteiger partial charge >= 0.3 is 0 Å². The Morgan fingerprint density at radius 3 is 2.93 bits per heavy atom. The third-order valence-electron chi connectivity index (χ3n) is 2.06. The van der Waals surface area contributed by atoms with Crippen molar-refractivity contribution in [2.45, 2.75) is 19.4 Å². The summed E-state index contributed by atoms with van der Waals surface area (Å²) >= 11 is 0. The highest BCUT2D eigenvalue weighted by Crippen LogP contribution is 2.24. The Morgan fingerprint density at radius 1 is 1.57 bits per heavy atom. The van der Waals surface area contributed by atoms with E-state index in [1.165, 1.54) is 0 Å². The molecule has 4 nitrogen and oxygen atoms in total. The SMILES string of the molecule is CCC(N=[N+]=[N-])c1cccc(OC)c1. The molecule has 0 saturated heterocycles. The highest BCUT2D eigenvalue weighted by Gasteiger charge is 2.06. The number of nitrogens with zero attached hydrogens (tertiary/aromatic N) is 3. The van der Waals surface area contributed by atoms with Crippen LogP contribution in [-0.4, -0.2) is 7.11 Å². The molecule has 0 fully saturated rings. The molecule has 0 bridgehead atoms. The second-order valence-corrected chi connectivity index (χ2v) is 2.91. The van der Waals surface area contributed by atoms with Crippen LogP contribution in [0.5, 0.6) is 5.75 Å². The van der Waals surface area contributed by atoms with Crippen LogP contribution in [-0.2, 0) is 0 Å². The van der Waals surface area contributed by atoms with Crippen molar-refractivity contribution in [3.63, 3.8) is 0 Å². The van der Waals surface area contributed by atoms with Crippen LogP contribution >= 0.6 is 0 Å². The van der Waals surface area contributed by atoms with E-state index < -0.39 is 0 Å². The predicted molar refractivity (Wildman–Crippen MR) is 55.2 cm³/mol. The van der Waals surface area contributed by atoms with E-state index in [-0.39, 0.29) is 6.04 Å². The second kappa shape index (κ2) is 5.14. The molecule has 0 spiro atoms. The number of ether oxygens (including phenoxy) is 1. The average Bonchev–Trinajstić information content (AvgIpc) is 2.26. The Morgan fingerprint density at radius 2 is 2.36 bits per heavy atom. The van der Waals surface area contributed by atoms with Crippen molar-refractivity contribution in [1.82, 2.24) is 0 Å². The van der Waals surface area contributed by atoms with Gasteiger partial charge in [0.1, 0.15) is 5.75 Å². The first-order chi connectivity index (χ1) is 6.81. The molecule has 14 heavy (non-hydrogen) atoms. The summed E-state index contributed by atoms with van der Waals surface area (Å²) in [5.74, 6) is 0.786. The Balaban J connectivity index is 2.97. The number of methoxy groups -OCH3 is 1. The lowest BCUT2D eigenvalue weighted by Gasteiger charge is -2.09. The lowest BCUT2D eigenvalue weighted by Crippen LogP contribution is -1.93. The van der Waals surface area contributed by atoms with Crippen molar-refractivity contribution < 1.29 is 4.74 Å². The van der Waals surface area contributed by atoms with Gasteiger partial charge in [-0.3, -0.25) is 0 Å². The summed E-state index contributed by atoms with van der Waals surface area (Å²) in [6, 6.07) is 7.49. The summed E-state index contributed by atoms with van der Waals surface area (Å²) < 4.78 is 5.09. The molecule has 0 aliphatic carbocycles. The Kier molecular flexibility index (Phi) is 3.83. The van der Waals surface area contributed by atoms with Crippen molar-refractivity contribution >= 4 is 0 Å². The summed E-state index contributed by atoms with van der Waals surface area (Å²) in [4.78, 5) is 2.82. The van der Waals surface area contributed by atoms with E-state index in [0.717, 1.165) is 17.7 Å². The lowest BCUT2D eigenvalue weighted by molar-refractivity contribution is 0.413. The molecular weight excluding hydrogens is 178 g/mol. The minimum atomic E-state index is -0.102. The van der Waals surface area contributed by atoms with Crippen LogP contribution in [0.1, 0.15) is 24.9 Å². The third-order valence-corrected chi connectivity index (χ3v) is 2.06. The largest absolute Gasteiger partial charge is 0.497 e. The first kappa shape index (κ1) is 10.4. The molecule has 0 heterocycles. The topological polar surface area (TPSA) is 58.0 Å². The number of benzene rings is 1. The Hall–Kier alpha value is -1.67. The van der Waals surface area contributed by atoms with Crippen LogP contribution in [0.3, 0.4) is 0 Å². The molecule has 0 aliphatic rings. The minimum Gasteiger partial charge on any atom is -0.497 e. The fourth-order valence-electron chi connectivity index (χ4n) is 1.30. The van der Waals surface area contributed by atoms with Crippen molar-refractivity contribution in [2.75, 3.05) is 7.11 Å². The van der Waals surface area contributed by atoms with Gasteiger partial charge in [-0.05, 0) is 29.6 Å². The molecule has 1 rings (SSSR count). The first-order valence-electron chi connectivity index (χ1n) is 4.50. The predicted octanol–water partition coefficient (Wildman–Crippen LogP) is 3.46. The molecular formula is C10H13N3O. The van der Waals surface area contributed by atoms with Crippen LogP contribution in [0.25, 0.3) is 10.4 Å². The molecule has 1 aromatic rings. The van der Waals surface area contributed by atoms with Crippen molar-refractivity contribution in [3.8, 4) is 5.75 Å². The number of azide groups is 1. The zero-order chi connectivity index (χ0) is 10.4. The van der Waals surface area contributed by atoms with Gasteiger partial charge in [0, 0.05) is 4.91 Å². The van der Waals surface area contributed by atoms with Gasteiger partial charge in [0.05, 0.1) is 13.2 Å². The Labute approximate surface area is 83.1 Å². The zero-order valence-corrected chi connectivity index (χ0v) is 8.34. The van der Waals surface area contributed by atoms with E-state index in [4.69, 9.17) is 10.3 Å². The normalized spacial score (nSPS) is 11.6. The van der Waals surface area contributed by atoms with E-state index in [0.29, 0.717) is 0 Å². The average molecular weight is 191 g/mol. The van der Waals surface area contributed by atoms with Crippen LogP contribution in [0.4, 0.5) is 0 Å². The van der Waals surface area contributed by atoms with E-state index in [9.17, 15) is 0 Å². The molecule has 0 aromatic heterocycles. The summed E-state index contributed by atoms with van der Waals surface area (Å²) in [5, 5.41) is 3.71. The second-order valence-electron chi connectivity index (χ2n) is 2.91. The maximum Gasteiger partial charge on any atom is 0.119 e. The van der Waals surface area contributed by atoms with E-state index >= 15 is 0 Å². The zero-order valence-electron chi connectivity index (χ0n) is 8.34. The highest BCUT2D eigenvalue weighted by molar-refractivity contribution is 5.30. The van der Waals surface area contributed by atoms with Gasteiger partial charge in [-0.25, -0.2) is 0 Å². The minimum absolute atomic E-state index is 0.102. The Bertz CT molecular complexity index is 345. The van der Waals surface area contributed by atoms with Gasteiger partial charge in [-0.15, -0.1) is 0 Å². The van der Waals surface area contributed by atoms with E-state index in [1.54, 1.807) is 7.11 Å². The fraction of sp³-hybridized carbons (Fsp3) is 0.400. The van der Waals surface area contributed by atoms with Crippen molar-refractivity contribution in [3.05, 3.63) is 40.3 Å². The van der Waals surface area contributed by atoms with Crippen LogP contribution in [0, 0.1) is 0 Å². The molecule has 0 saturated carbocycles. The molecule has 4 heteroatoms. The van der Waals surface area contributed by atoms with Crippen LogP contribution in [0.2, 0.25) is 0 Å². The number of rotatable bonds is 4.